The minimum Gasteiger partial charge on any atom is -0.349 e. The Bertz CT molecular complexity index is 508. The van der Waals surface area contributed by atoms with Crippen LogP contribution in [-0.2, 0) is 14.4 Å². The molecule has 0 aromatic heterocycles. The van der Waals surface area contributed by atoms with Crippen molar-refractivity contribution in [2.45, 2.75) is 56.7 Å². The Hall–Kier alpha value is -1.57. The molecule has 0 bridgehead atoms. The van der Waals surface area contributed by atoms with Gasteiger partial charge >= 0.3 is 0 Å². The highest BCUT2D eigenvalue weighted by Gasteiger charge is 2.41. The molecule has 22 heavy (non-hydrogen) atoms. The van der Waals surface area contributed by atoms with E-state index >= 15 is 0 Å². The Labute approximate surface area is 132 Å². The maximum Gasteiger partial charge on any atom is 0.289 e. The van der Waals surface area contributed by atoms with Gasteiger partial charge < -0.3 is 10.6 Å². The van der Waals surface area contributed by atoms with Crippen LogP contribution >= 0.6 is 11.8 Å². The molecule has 3 atom stereocenters. The molecule has 2 heterocycles. The largest absolute Gasteiger partial charge is 0.349 e. The molecule has 0 spiro atoms. The van der Waals surface area contributed by atoms with Crippen molar-refractivity contribution in [3.05, 3.63) is 0 Å². The summed E-state index contributed by atoms with van der Waals surface area (Å²) in [6, 6.07) is -0.968. The van der Waals surface area contributed by atoms with Crippen molar-refractivity contribution in [3.63, 3.8) is 0 Å². The van der Waals surface area contributed by atoms with Crippen molar-refractivity contribution in [3.8, 4) is 0 Å². The van der Waals surface area contributed by atoms with Crippen molar-refractivity contribution in [1.29, 1.82) is 0 Å². The number of hydrogen-bond donors (Lipinski definition) is 2. The second-order valence-electron chi connectivity index (χ2n) is 5.94. The third-order valence-corrected chi connectivity index (χ3v) is 5.32. The molecule has 0 aromatic rings. The standard InChI is InChI=1S/C14H19N3O4S/c18-11-6-5-9(15-11)13(20)16-8-3-1-2-4-10(8)17-12(19)7-22-14(17)21/h8-10H,1-7H2,(H,15,18)(H,16,20). The minimum atomic E-state index is -0.491. The molecular weight excluding hydrogens is 306 g/mol. The molecule has 120 valence electrons. The van der Waals surface area contributed by atoms with Crippen molar-refractivity contribution in [2.24, 2.45) is 0 Å². The second-order valence-corrected chi connectivity index (χ2v) is 6.87. The lowest BCUT2D eigenvalue weighted by atomic mass is 9.89. The summed E-state index contributed by atoms with van der Waals surface area (Å²) in [6.07, 6.45) is 4.24. The van der Waals surface area contributed by atoms with Gasteiger partial charge in [-0.2, -0.15) is 0 Å². The van der Waals surface area contributed by atoms with Gasteiger partial charge in [0.1, 0.15) is 6.04 Å². The summed E-state index contributed by atoms with van der Waals surface area (Å²) in [5, 5.41) is 5.37. The maximum atomic E-state index is 12.3. The molecular formula is C14H19N3O4S. The van der Waals surface area contributed by atoms with Gasteiger partial charge in [-0.25, -0.2) is 0 Å². The highest BCUT2D eigenvalue weighted by atomic mass is 32.2. The first-order valence-electron chi connectivity index (χ1n) is 7.65. The zero-order chi connectivity index (χ0) is 15.7. The van der Waals surface area contributed by atoms with E-state index in [-0.39, 0.29) is 40.8 Å². The molecule has 1 saturated carbocycles. The number of rotatable bonds is 3. The number of nitrogens with one attached hydrogen (secondary N) is 2. The predicted molar refractivity (Wildman–Crippen MR) is 80.1 cm³/mol. The number of imide groups is 1. The SMILES string of the molecule is O=C1CCC(C(=O)NC2CCCCC2N2C(=O)CSC2=O)N1. The fraction of sp³-hybridized carbons (Fsp3) is 0.714. The van der Waals surface area contributed by atoms with E-state index in [1.807, 2.05) is 0 Å². The molecule has 3 rings (SSSR count). The Kier molecular flexibility index (Phi) is 4.37. The molecule has 2 saturated heterocycles. The fourth-order valence-electron chi connectivity index (χ4n) is 3.37. The first-order chi connectivity index (χ1) is 10.6. The topological polar surface area (TPSA) is 95.6 Å². The normalized spacial score (nSPS) is 32.3. The van der Waals surface area contributed by atoms with Gasteiger partial charge in [0.25, 0.3) is 5.24 Å². The number of thioether (sulfide) groups is 1. The molecule has 3 fully saturated rings. The van der Waals surface area contributed by atoms with Crippen LogP contribution in [0.3, 0.4) is 0 Å². The maximum absolute atomic E-state index is 12.3. The van der Waals surface area contributed by atoms with Crippen LogP contribution < -0.4 is 10.6 Å². The van der Waals surface area contributed by atoms with E-state index in [1.54, 1.807) is 0 Å². The van der Waals surface area contributed by atoms with E-state index in [4.69, 9.17) is 0 Å². The molecule has 8 heteroatoms. The van der Waals surface area contributed by atoms with Crippen molar-refractivity contribution in [1.82, 2.24) is 15.5 Å². The van der Waals surface area contributed by atoms with Crippen LogP contribution in [0.25, 0.3) is 0 Å². The predicted octanol–water partition coefficient (Wildman–Crippen LogP) is 0.388. The molecule has 2 aliphatic heterocycles. The Morgan fingerprint density at radius 2 is 1.95 bits per heavy atom. The van der Waals surface area contributed by atoms with E-state index in [0.29, 0.717) is 12.8 Å². The quantitative estimate of drug-likeness (QED) is 0.782. The molecule has 4 amide bonds. The highest BCUT2D eigenvalue weighted by molar-refractivity contribution is 8.14. The van der Waals surface area contributed by atoms with Crippen LogP contribution in [-0.4, -0.2) is 51.7 Å². The van der Waals surface area contributed by atoms with Gasteiger partial charge in [-0.3, -0.25) is 24.1 Å². The van der Waals surface area contributed by atoms with Crippen LogP contribution in [0.1, 0.15) is 38.5 Å². The van der Waals surface area contributed by atoms with Crippen LogP contribution in [0.2, 0.25) is 0 Å². The summed E-state index contributed by atoms with van der Waals surface area (Å²) in [6.45, 7) is 0. The smallest absolute Gasteiger partial charge is 0.289 e. The van der Waals surface area contributed by atoms with Crippen LogP contribution in [0.5, 0.6) is 0 Å². The monoisotopic (exact) mass is 325 g/mol. The second kappa shape index (κ2) is 6.28. The van der Waals surface area contributed by atoms with E-state index in [1.165, 1.54) is 4.90 Å². The Balaban J connectivity index is 1.67. The van der Waals surface area contributed by atoms with Crippen molar-refractivity contribution >= 4 is 34.7 Å². The summed E-state index contributed by atoms with van der Waals surface area (Å²) >= 11 is 1.02. The van der Waals surface area contributed by atoms with Crippen LogP contribution in [0, 0.1) is 0 Å². The van der Waals surface area contributed by atoms with Gasteiger partial charge in [-0.1, -0.05) is 24.6 Å². The fourth-order valence-corrected chi connectivity index (χ4v) is 4.13. The molecule has 1 aliphatic carbocycles. The first-order valence-corrected chi connectivity index (χ1v) is 8.63. The number of carbonyl (C=O) groups is 4. The van der Waals surface area contributed by atoms with Crippen LogP contribution in [0.4, 0.5) is 4.79 Å². The number of carbonyl (C=O) groups excluding carboxylic acids is 4. The molecule has 0 aromatic carbocycles. The number of nitrogens with zero attached hydrogens (tertiary/aromatic N) is 1. The van der Waals surface area contributed by atoms with Crippen molar-refractivity contribution < 1.29 is 19.2 Å². The van der Waals surface area contributed by atoms with Crippen LogP contribution in [0.15, 0.2) is 0 Å². The summed E-state index contributed by atoms with van der Waals surface area (Å²) in [5.41, 5.74) is 0. The summed E-state index contributed by atoms with van der Waals surface area (Å²) < 4.78 is 0. The van der Waals surface area contributed by atoms with Gasteiger partial charge in [0.2, 0.25) is 17.7 Å². The van der Waals surface area contributed by atoms with Crippen molar-refractivity contribution in [2.75, 3.05) is 5.75 Å². The van der Waals surface area contributed by atoms with Gasteiger partial charge in [-0.05, 0) is 19.3 Å². The van der Waals surface area contributed by atoms with E-state index in [2.05, 4.69) is 10.6 Å². The Morgan fingerprint density at radius 1 is 1.18 bits per heavy atom. The molecule has 7 nitrogen and oxygen atoms in total. The van der Waals surface area contributed by atoms with E-state index in [9.17, 15) is 19.2 Å². The number of amides is 4. The van der Waals surface area contributed by atoms with E-state index in [0.717, 1.165) is 37.4 Å². The first kappa shape index (κ1) is 15.3. The molecule has 3 unspecified atom stereocenters. The van der Waals surface area contributed by atoms with E-state index < -0.39 is 6.04 Å². The highest BCUT2D eigenvalue weighted by Crippen LogP contribution is 2.30. The molecule has 0 radical (unpaired) electrons. The van der Waals surface area contributed by atoms with Gasteiger partial charge in [0, 0.05) is 12.5 Å². The average Bonchev–Trinajstić information content (AvgIpc) is 3.06. The third kappa shape index (κ3) is 2.97. The summed E-state index contributed by atoms with van der Waals surface area (Å²) in [5.74, 6) is -0.305. The minimum absolute atomic E-state index is 0.110. The summed E-state index contributed by atoms with van der Waals surface area (Å²) in [4.78, 5) is 48.6. The Morgan fingerprint density at radius 3 is 2.59 bits per heavy atom. The van der Waals surface area contributed by atoms with Gasteiger partial charge in [0.05, 0.1) is 11.8 Å². The zero-order valence-corrected chi connectivity index (χ0v) is 13.0. The number of hydrogen-bond acceptors (Lipinski definition) is 5. The van der Waals surface area contributed by atoms with Gasteiger partial charge in [0.15, 0.2) is 0 Å². The lowest BCUT2D eigenvalue weighted by Gasteiger charge is -2.37. The molecule has 2 N–H and O–H groups in total. The summed E-state index contributed by atoms with van der Waals surface area (Å²) in [7, 11) is 0. The third-order valence-electron chi connectivity index (χ3n) is 4.49. The average molecular weight is 325 g/mol. The lowest BCUT2D eigenvalue weighted by Crippen LogP contribution is -2.57. The zero-order valence-electron chi connectivity index (χ0n) is 12.2. The molecule has 3 aliphatic rings. The lowest BCUT2D eigenvalue weighted by molar-refractivity contribution is -0.130. The van der Waals surface area contributed by atoms with Gasteiger partial charge in [-0.15, -0.1) is 0 Å².